The van der Waals surface area contributed by atoms with Gasteiger partial charge in [0.1, 0.15) is 0 Å². The molecule has 0 saturated heterocycles. The molecule has 1 atom stereocenters. The first-order chi connectivity index (χ1) is 12.7. The molecule has 0 fully saturated rings. The summed E-state index contributed by atoms with van der Waals surface area (Å²) in [6.07, 6.45) is 1.62. The Hall–Kier alpha value is -1.43. The molecule has 26 heavy (non-hydrogen) atoms. The molecule has 0 heterocycles. The van der Waals surface area contributed by atoms with Gasteiger partial charge in [-0.15, -0.1) is 11.4 Å². The van der Waals surface area contributed by atoms with E-state index in [0.717, 1.165) is 11.3 Å². The van der Waals surface area contributed by atoms with Crippen molar-refractivity contribution in [2.24, 2.45) is 4.40 Å². The van der Waals surface area contributed by atoms with Crippen LogP contribution in [-0.2, 0) is 28.0 Å². The molecule has 3 aromatic carbocycles. The van der Waals surface area contributed by atoms with E-state index in [9.17, 15) is 4.21 Å². The third-order valence-corrected chi connectivity index (χ3v) is 4.17. The predicted molar refractivity (Wildman–Crippen MR) is 108 cm³/mol. The Labute approximate surface area is 172 Å². The third-order valence-electron chi connectivity index (χ3n) is 3.16. The second-order valence-electron chi connectivity index (χ2n) is 4.88. The topological polar surface area (TPSA) is 43.5 Å². The van der Waals surface area contributed by atoms with Crippen molar-refractivity contribution in [3.05, 3.63) is 95.8 Å². The molecule has 132 valence electrons. The van der Waals surface area contributed by atoms with Crippen LogP contribution in [0.25, 0.3) is 5.32 Å². The molecule has 0 spiro atoms. The van der Waals surface area contributed by atoms with Crippen molar-refractivity contribution in [3.8, 4) is 0 Å². The fourth-order valence-corrected chi connectivity index (χ4v) is 2.86. The summed E-state index contributed by atoms with van der Waals surface area (Å²) in [6.45, 7) is 0. The van der Waals surface area contributed by atoms with Gasteiger partial charge in [0.15, 0.2) is 11.0 Å². The zero-order chi connectivity index (χ0) is 18.6. The summed E-state index contributed by atoms with van der Waals surface area (Å²) < 4.78 is 16.6. The molecular formula is C19H15Cl2N2OSTi-. The summed E-state index contributed by atoms with van der Waals surface area (Å²) in [5.41, 5.74) is 2.41. The van der Waals surface area contributed by atoms with Gasteiger partial charge in [-0.2, -0.15) is 4.40 Å². The molecule has 1 unspecified atom stereocenters. The van der Waals surface area contributed by atoms with Crippen molar-refractivity contribution in [2.45, 2.75) is 4.90 Å². The van der Waals surface area contributed by atoms with E-state index in [2.05, 4.69) is 9.71 Å². The first kappa shape index (κ1) is 20.9. The van der Waals surface area contributed by atoms with Crippen LogP contribution in [0, 0.1) is 0 Å². The maximum atomic E-state index is 12.5. The van der Waals surface area contributed by atoms with Crippen LogP contribution in [0.1, 0.15) is 5.56 Å². The predicted octanol–water partition coefficient (Wildman–Crippen LogP) is 6.54. The fourth-order valence-electron chi connectivity index (χ4n) is 2.04. The van der Waals surface area contributed by atoms with E-state index in [1.54, 1.807) is 12.3 Å². The van der Waals surface area contributed by atoms with E-state index >= 15 is 0 Å². The van der Waals surface area contributed by atoms with Crippen LogP contribution in [0.4, 0.5) is 11.4 Å². The molecule has 0 bridgehead atoms. The number of para-hydroxylation sites is 2. The number of rotatable bonds is 5. The Morgan fingerprint density at radius 3 is 2.04 bits per heavy atom. The standard InChI is InChI=1S/C19H15N2OS.2ClH.Ti/c22-23(20-15-16-9-3-1-4-10-16)19-14-8-7-13-18(19)21-17-11-5-2-6-12-17;;;/h1-15H;2*1H;/q-1;;;+2/p-2/b20-15-;;;. The van der Waals surface area contributed by atoms with Crippen LogP contribution in [-0.4, -0.2) is 10.4 Å². The summed E-state index contributed by atoms with van der Waals surface area (Å²) in [7, 11) is 8.28. The summed E-state index contributed by atoms with van der Waals surface area (Å²) >= 11 is -0.556. The fraction of sp³-hybridized carbons (Fsp3) is 0. The van der Waals surface area contributed by atoms with Gasteiger partial charge in [-0.3, -0.25) is 0 Å². The van der Waals surface area contributed by atoms with Gasteiger partial charge in [0, 0.05) is 11.1 Å². The van der Waals surface area contributed by atoms with Crippen LogP contribution in [0.5, 0.6) is 0 Å². The van der Waals surface area contributed by atoms with Crippen molar-refractivity contribution in [3.63, 3.8) is 0 Å². The number of hydrogen-bond acceptors (Lipinski definition) is 1. The molecule has 0 aromatic heterocycles. The minimum absolute atomic E-state index is 0.556. The van der Waals surface area contributed by atoms with E-state index in [1.165, 1.54) is 0 Å². The zero-order valence-corrected chi connectivity index (χ0v) is 17.5. The Morgan fingerprint density at radius 1 is 0.846 bits per heavy atom. The first-order valence-electron chi connectivity index (χ1n) is 7.57. The van der Waals surface area contributed by atoms with Crippen LogP contribution in [0.15, 0.2) is 94.2 Å². The van der Waals surface area contributed by atoms with Crippen LogP contribution >= 0.6 is 18.6 Å². The maximum absolute atomic E-state index is 12.5. The molecule has 3 aromatic rings. The second kappa shape index (κ2) is 12.1. The quantitative estimate of drug-likeness (QED) is 0.330. The Kier molecular flexibility index (Phi) is 9.68. The molecule has 0 radical (unpaired) electrons. The Bertz CT molecular complexity index is 848. The summed E-state index contributed by atoms with van der Waals surface area (Å²) in [5, 5.41) is 4.55. The molecule has 3 nitrogen and oxygen atoms in total. The molecule has 0 saturated carbocycles. The van der Waals surface area contributed by atoms with Gasteiger partial charge < -0.3 is 5.32 Å². The van der Waals surface area contributed by atoms with Crippen molar-refractivity contribution in [1.29, 1.82) is 0 Å². The molecular weight excluding hydrogens is 423 g/mol. The first-order valence-corrected chi connectivity index (χ1v) is 13.0. The van der Waals surface area contributed by atoms with E-state index in [4.69, 9.17) is 18.6 Å². The molecule has 3 rings (SSSR count). The zero-order valence-electron chi connectivity index (χ0n) is 13.6. The van der Waals surface area contributed by atoms with Gasteiger partial charge in [0.05, 0.1) is 0 Å². The summed E-state index contributed by atoms with van der Waals surface area (Å²) in [6, 6.07) is 26.6. The molecule has 0 aliphatic heterocycles. The van der Waals surface area contributed by atoms with E-state index in [0.29, 0.717) is 10.6 Å². The van der Waals surface area contributed by atoms with Crippen LogP contribution in [0.2, 0.25) is 0 Å². The monoisotopic (exact) mass is 437 g/mol. The SMILES string of the molecule is O=S(/N=C\c1ccccc1)c1ccccc1[N-]c1ccccc1.[Cl][Ti][Cl]. The van der Waals surface area contributed by atoms with E-state index in [-0.39, 0.29) is 0 Å². The average Bonchev–Trinajstić information content (AvgIpc) is 2.69. The average molecular weight is 438 g/mol. The summed E-state index contributed by atoms with van der Waals surface area (Å²) in [5.74, 6) is 0. The Balaban J connectivity index is 0.000000758. The van der Waals surface area contributed by atoms with Crippen LogP contribution in [0.3, 0.4) is 0 Å². The van der Waals surface area contributed by atoms with Gasteiger partial charge in [-0.25, -0.2) is 4.21 Å². The molecule has 0 aliphatic rings. The Morgan fingerprint density at radius 2 is 1.38 bits per heavy atom. The van der Waals surface area contributed by atoms with Gasteiger partial charge in [0.2, 0.25) is 0 Å². The molecule has 0 amide bonds. The van der Waals surface area contributed by atoms with E-state index < -0.39 is 28.0 Å². The van der Waals surface area contributed by atoms with Gasteiger partial charge in [0.25, 0.3) is 0 Å². The van der Waals surface area contributed by atoms with Gasteiger partial charge >= 0.3 is 35.6 Å². The van der Waals surface area contributed by atoms with Crippen molar-refractivity contribution >= 4 is 47.2 Å². The number of benzene rings is 3. The van der Waals surface area contributed by atoms with Crippen molar-refractivity contribution in [1.82, 2.24) is 0 Å². The number of nitrogens with zero attached hydrogens (tertiary/aromatic N) is 2. The minimum atomic E-state index is -1.49. The third kappa shape index (κ3) is 7.06. The molecule has 0 N–H and O–H groups in total. The van der Waals surface area contributed by atoms with Gasteiger partial charge in [-0.05, 0) is 11.6 Å². The molecule has 0 aliphatic carbocycles. The molecule has 7 heteroatoms. The van der Waals surface area contributed by atoms with E-state index in [1.807, 2.05) is 78.9 Å². The van der Waals surface area contributed by atoms with Crippen LogP contribution < -0.4 is 0 Å². The van der Waals surface area contributed by atoms with Gasteiger partial charge in [-0.1, -0.05) is 78.9 Å². The summed E-state index contributed by atoms with van der Waals surface area (Å²) in [4.78, 5) is 0.600. The number of hydrogen-bond donors (Lipinski definition) is 0. The normalized spacial score (nSPS) is 11.3. The second-order valence-corrected chi connectivity index (χ2v) is 8.61. The number of halogens is 2. The van der Waals surface area contributed by atoms with Crippen molar-refractivity contribution < 1.29 is 21.2 Å². The van der Waals surface area contributed by atoms with Crippen molar-refractivity contribution in [2.75, 3.05) is 0 Å².